The number of pyridine rings is 2. The molecule has 0 amide bonds. The van der Waals surface area contributed by atoms with E-state index in [2.05, 4.69) is 15.3 Å². The molecular formula is C20H18ClN3O4. The second-order valence-corrected chi connectivity index (χ2v) is 6.44. The van der Waals surface area contributed by atoms with Gasteiger partial charge in [-0.1, -0.05) is 17.7 Å². The van der Waals surface area contributed by atoms with Crippen LogP contribution in [0.1, 0.15) is 23.0 Å². The van der Waals surface area contributed by atoms with Crippen LogP contribution in [-0.4, -0.2) is 39.7 Å². The average Bonchev–Trinajstić information content (AvgIpc) is 2.68. The molecule has 0 aliphatic carbocycles. The molecule has 2 N–H and O–H groups in total. The zero-order valence-electron chi connectivity index (χ0n) is 15.1. The fourth-order valence-corrected chi connectivity index (χ4v) is 2.93. The topological polar surface area (TPSA) is 101 Å². The molecule has 2 aromatic heterocycles. The Labute approximate surface area is 166 Å². The van der Waals surface area contributed by atoms with E-state index in [1.54, 1.807) is 43.5 Å². The van der Waals surface area contributed by atoms with Crippen LogP contribution in [0.15, 0.2) is 48.7 Å². The predicted molar refractivity (Wildman–Crippen MR) is 106 cm³/mol. The van der Waals surface area contributed by atoms with E-state index in [1.807, 2.05) is 6.07 Å². The average molecular weight is 400 g/mol. The number of carboxylic acids is 1. The van der Waals surface area contributed by atoms with Gasteiger partial charge in [0.05, 0.1) is 12.1 Å². The molecule has 0 saturated heterocycles. The number of hydrogen-bond donors (Lipinski definition) is 2. The summed E-state index contributed by atoms with van der Waals surface area (Å²) >= 11 is 5.98. The number of carbonyl (C=O) groups is 2. The van der Waals surface area contributed by atoms with Gasteiger partial charge < -0.3 is 15.2 Å². The minimum Gasteiger partial charge on any atom is -0.478 e. The third kappa shape index (κ3) is 4.55. The molecule has 0 fully saturated rings. The van der Waals surface area contributed by atoms with E-state index >= 15 is 0 Å². The van der Waals surface area contributed by atoms with Crippen LogP contribution in [0.25, 0.3) is 10.9 Å². The monoisotopic (exact) mass is 399 g/mol. The van der Waals surface area contributed by atoms with Crippen molar-refractivity contribution >= 4 is 40.3 Å². The molecule has 0 aliphatic heterocycles. The number of aromatic carboxylic acids is 1. The lowest BCUT2D eigenvalue weighted by Gasteiger charge is -2.19. The summed E-state index contributed by atoms with van der Waals surface area (Å²) in [7, 11) is 0. The van der Waals surface area contributed by atoms with Crippen molar-refractivity contribution in [3.05, 3.63) is 64.9 Å². The molecule has 3 aromatic rings. The number of benzene rings is 1. The molecule has 0 bridgehead atoms. The van der Waals surface area contributed by atoms with Crippen LogP contribution in [0.2, 0.25) is 5.02 Å². The van der Waals surface area contributed by atoms with Crippen LogP contribution in [0.4, 0.5) is 5.82 Å². The number of aromatic nitrogens is 2. The Hall–Kier alpha value is -3.19. The summed E-state index contributed by atoms with van der Waals surface area (Å²) < 4.78 is 5.13. The highest BCUT2D eigenvalue weighted by Crippen LogP contribution is 2.24. The van der Waals surface area contributed by atoms with Gasteiger partial charge in [-0.2, -0.15) is 0 Å². The van der Waals surface area contributed by atoms with Gasteiger partial charge in [-0.05, 0) is 43.3 Å². The Bertz CT molecular complexity index is 1010. The Morgan fingerprint density at radius 3 is 2.75 bits per heavy atom. The Morgan fingerprint density at radius 2 is 2.07 bits per heavy atom. The minimum absolute atomic E-state index is 0.0647. The van der Waals surface area contributed by atoms with Crippen molar-refractivity contribution < 1.29 is 19.4 Å². The van der Waals surface area contributed by atoms with Gasteiger partial charge in [-0.3, -0.25) is 4.98 Å². The first-order valence-electron chi connectivity index (χ1n) is 8.64. The molecule has 3 rings (SSSR count). The van der Waals surface area contributed by atoms with E-state index in [0.717, 1.165) is 0 Å². The van der Waals surface area contributed by atoms with Crippen LogP contribution in [0.5, 0.6) is 0 Å². The van der Waals surface area contributed by atoms with Crippen molar-refractivity contribution in [2.75, 3.05) is 11.9 Å². The number of anilines is 1. The standard InChI is InChI=1S/C20H18ClN3O4/c1-2-28-20(27)17(11-14-5-3-4-8-22-14)24-18-15(19(25)26)10-12-9-13(21)6-7-16(12)23-18/h3-10,17H,2,11H2,1H3,(H,23,24)(H,25,26). The van der Waals surface area contributed by atoms with Crippen molar-refractivity contribution in [1.82, 2.24) is 9.97 Å². The maximum atomic E-state index is 12.4. The van der Waals surface area contributed by atoms with Gasteiger partial charge >= 0.3 is 11.9 Å². The summed E-state index contributed by atoms with van der Waals surface area (Å²) in [5.41, 5.74) is 1.15. The number of halogens is 1. The molecular weight excluding hydrogens is 382 g/mol. The van der Waals surface area contributed by atoms with Crippen molar-refractivity contribution in [1.29, 1.82) is 0 Å². The molecule has 7 nitrogen and oxygen atoms in total. The SMILES string of the molecule is CCOC(=O)C(Cc1ccccn1)Nc1nc2ccc(Cl)cc2cc1C(=O)O. The van der Waals surface area contributed by atoms with Crippen molar-refractivity contribution in [3.63, 3.8) is 0 Å². The molecule has 0 saturated carbocycles. The summed E-state index contributed by atoms with van der Waals surface area (Å²) in [6, 6.07) is 11.0. The van der Waals surface area contributed by atoms with Gasteiger partial charge in [-0.25, -0.2) is 14.6 Å². The lowest BCUT2D eigenvalue weighted by Crippen LogP contribution is -2.34. The lowest BCUT2D eigenvalue weighted by molar-refractivity contribution is -0.144. The number of carbonyl (C=O) groups excluding carboxylic acids is 1. The number of carboxylic acid groups (broad SMARTS) is 1. The fraction of sp³-hybridized carbons (Fsp3) is 0.200. The van der Waals surface area contributed by atoms with E-state index < -0.39 is 18.0 Å². The van der Waals surface area contributed by atoms with Crippen LogP contribution >= 0.6 is 11.6 Å². The fourth-order valence-electron chi connectivity index (χ4n) is 2.75. The van der Waals surface area contributed by atoms with E-state index in [1.165, 1.54) is 6.07 Å². The van der Waals surface area contributed by atoms with Crippen LogP contribution in [0, 0.1) is 0 Å². The summed E-state index contributed by atoms with van der Waals surface area (Å²) in [4.78, 5) is 32.8. The highest BCUT2D eigenvalue weighted by molar-refractivity contribution is 6.31. The summed E-state index contributed by atoms with van der Waals surface area (Å²) in [6.07, 6.45) is 1.84. The number of hydrogen-bond acceptors (Lipinski definition) is 6. The maximum Gasteiger partial charge on any atom is 0.339 e. The van der Waals surface area contributed by atoms with Crippen LogP contribution in [0.3, 0.4) is 0 Å². The first kappa shape index (κ1) is 19.6. The Morgan fingerprint density at radius 1 is 1.25 bits per heavy atom. The zero-order chi connectivity index (χ0) is 20.1. The van der Waals surface area contributed by atoms with Crippen molar-refractivity contribution in [2.24, 2.45) is 0 Å². The molecule has 0 spiro atoms. The lowest BCUT2D eigenvalue weighted by atomic mass is 10.1. The second-order valence-electron chi connectivity index (χ2n) is 6.00. The predicted octanol–water partition coefficient (Wildman–Crippen LogP) is 3.57. The molecule has 0 aliphatic rings. The third-order valence-corrected chi connectivity index (χ3v) is 4.26. The summed E-state index contributed by atoms with van der Waals surface area (Å²) in [5.74, 6) is -1.60. The largest absolute Gasteiger partial charge is 0.478 e. The molecule has 144 valence electrons. The first-order valence-corrected chi connectivity index (χ1v) is 9.02. The molecule has 1 aromatic carbocycles. The molecule has 28 heavy (non-hydrogen) atoms. The Balaban J connectivity index is 1.99. The zero-order valence-corrected chi connectivity index (χ0v) is 15.8. The van der Waals surface area contributed by atoms with Gasteiger partial charge in [0.15, 0.2) is 0 Å². The second kappa shape index (κ2) is 8.67. The highest BCUT2D eigenvalue weighted by Gasteiger charge is 2.24. The third-order valence-electron chi connectivity index (χ3n) is 4.03. The number of rotatable bonds is 7. The summed E-state index contributed by atoms with van der Waals surface area (Å²) in [5, 5.41) is 13.6. The maximum absolute atomic E-state index is 12.4. The number of fused-ring (bicyclic) bond motifs is 1. The van der Waals surface area contributed by atoms with Crippen LogP contribution in [-0.2, 0) is 16.0 Å². The van der Waals surface area contributed by atoms with Gasteiger partial charge in [0.1, 0.15) is 17.4 Å². The van der Waals surface area contributed by atoms with E-state index in [9.17, 15) is 14.7 Å². The molecule has 2 heterocycles. The van der Waals surface area contributed by atoms with Gasteiger partial charge in [0.2, 0.25) is 0 Å². The molecule has 1 atom stereocenters. The van der Waals surface area contributed by atoms with E-state index in [4.69, 9.17) is 16.3 Å². The van der Waals surface area contributed by atoms with Gasteiger partial charge in [-0.15, -0.1) is 0 Å². The van der Waals surface area contributed by atoms with Crippen molar-refractivity contribution in [3.8, 4) is 0 Å². The van der Waals surface area contributed by atoms with E-state index in [0.29, 0.717) is 21.6 Å². The van der Waals surface area contributed by atoms with Gasteiger partial charge in [0.25, 0.3) is 0 Å². The molecule has 1 unspecified atom stereocenters. The Kier molecular flexibility index (Phi) is 6.06. The van der Waals surface area contributed by atoms with Crippen LogP contribution < -0.4 is 5.32 Å². The smallest absolute Gasteiger partial charge is 0.339 e. The molecule has 0 radical (unpaired) electrons. The minimum atomic E-state index is -1.17. The number of nitrogens with one attached hydrogen (secondary N) is 1. The number of esters is 1. The van der Waals surface area contributed by atoms with E-state index in [-0.39, 0.29) is 24.4 Å². The molecule has 8 heteroatoms. The first-order chi connectivity index (χ1) is 13.5. The van der Waals surface area contributed by atoms with Gasteiger partial charge in [0, 0.05) is 28.7 Å². The summed E-state index contributed by atoms with van der Waals surface area (Å²) in [6.45, 7) is 1.91. The number of nitrogens with zero attached hydrogens (tertiary/aromatic N) is 2. The number of ether oxygens (including phenoxy) is 1. The highest BCUT2D eigenvalue weighted by atomic mass is 35.5. The normalized spacial score (nSPS) is 11.8. The van der Waals surface area contributed by atoms with Crippen molar-refractivity contribution in [2.45, 2.75) is 19.4 Å². The quantitative estimate of drug-likeness (QED) is 0.585.